The van der Waals surface area contributed by atoms with Crippen LogP contribution in [0.2, 0.25) is 0 Å². The molecule has 0 saturated carbocycles. The molecule has 0 bridgehead atoms. The summed E-state index contributed by atoms with van der Waals surface area (Å²) in [5.74, 6) is 1.47. The summed E-state index contributed by atoms with van der Waals surface area (Å²) >= 11 is 0. The molecule has 2 aromatic heterocycles. The Morgan fingerprint density at radius 3 is 2.95 bits per heavy atom. The average molecular weight is 256 g/mol. The van der Waals surface area contributed by atoms with Gasteiger partial charge in [-0.05, 0) is 30.7 Å². The van der Waals surface area contributed by atoms with Crippen LogP contribution in [0.25, 0.3) is 16.8 Å². The molecule has 0 aliphatic heterocycles. The van der Waals surface area contributed by atoms with Crippen LogP contribution >= 0.6 is 0 Å². The number of hydrogen-bond donors (Lipinski definition) is 2. The van der Waals surface area contributed by atoms with Crippen molar-refractivity contribution in [3.05, 3.63) is 35.7 Å². The minimum absolute atomic E-state index is 0.539. The first-order valence-corrected chi connectivity index (χ1v) is 6.83. The molecule has 0 fully saturated rings. The highest BCUT2D eigenvalue weighted by Crippen LogP contribution is 2.22. The first kappa shape index (κ1) is 12.2. The Bertz CT molecular complexity index is 705. The molecule has 0 saturated heterocycles. The van der Waals surface area contributed by atoms with Crippen LogP contribution < -0.4 is 5.32 Å². The van der Waals surface area contributed by atoms with Gasteiger partial charge in [0.1, 0.15) is 0 Å². The maximum Gasteiger partial charge on any atom is 0.212 e. The monoisotopic (exact) mass is 256 g/mol. The van der Waals surface area contributed by atoms with Crippen molar-refractivity contribution in [1.29, 1.82) is 0 Å². The van der Waals surface area contributed by atoms with E-state index < -0.39 is 0 Å². The molecule has 3 rings (SSSR count). The van der Waals surface area contributed by atoms with Crippen molar-refractivity contribution in [3.8, 4) is 0 Å². The zero-order valence-electron chi connectivity index (χ0n) is 11.7. The number of nitrogens with zero attached hydrogens (tertiary/aromatic N) is 2. The molecule has 0 spiro atoms. The van der Waals surface area contributed by atoms with Gasteiger partial charge in [-0.1, -0.05) is 19.9 Å². The Kier molecular flexibility index (Phi) is 3.03. The summed E-state index contributed by atoms with van der Waals surface area (Å²) in [5.41, 5.74) is 4.81. The van der Waals surface area contributed by atoms with Crippen molar-refractivity contribution >= 4 is 16.8 Å². The molecule has 2 N–H and O–H groups in total. The van der Waals surface area contributed by atoms with Crippen molar-refractivity contribution in [1.82, 2.24) is 19.7 Å². The van der Waals surface area contributed by atoms with Gasteiger partial charge in [0.15, 0.2) is 0 Å². The van der Waals surface area contributed by atoms with Crippen LogP contribution in [0.5, 0.6) is 0 Å². The van der Waals surface area contributed by atoms with Crippen LogP contribution in [-0.4, -0.2) is 28.0 Å². The van der Waals surface area contributed by atoms with Crippen LogP contribution in [0.1, 0.15) is 31.0 Å². The SMILES string of the molecule is CNCCc1cn2c(nc3ccc(C(C)C)cc32)[nH]1. The number of H-pyrrole nitrogens is 1. The minimum Gasteiger partial charge on any atom is -0.327 e. The first-order valence-electron chi connectivity index (χ1n) is 6.83. The van der Waals surface area contributed by atoms with Crippen LogP contribution in [0.15, 0.2) is 24.4 Å². The van der Waals surface area contributed by atoms with Gasteiger partial charge in [0.2, 0.25) is 5.78 Å². The van der Waals surface area contributed by atoms with E-state index in [-0.39, 0.29) is 0 Å². The number of aromatic nitrogens is 3. The van der Waals surface area contributed by atoms with E-state index in [1.165, 1.54) is 16.8 Å². The average Bonchev–Trinajstić information content (AvgIpc) is 2.92. The van der Waals surface area contributed by atoms with Gasteiger partial charge in [0.25, 0.3) is 0 Å². The molecule has 0 aliphatic carbocycles. The molecule has 0 unspecified atom stereocenters. The lowest BCUT2D eigenvalue weighted by atomic mass is 10.0. The molecule has 4 nitrogen and oxygen atoms in total. The molecule has 0 radical (unpaired) electrons. The number of hydrogen-bond acceptors (Lipinski definition) is 2. The van der Waals surface area contributed by atoms with E-state index in [2.05, 4.69) is 57.9 Å². The van der Waals surface area contributed by atoms with Crippen molar-refractivity contribution in [2.24, 2.45) is 0 Å². The predicted molar refractivity (Wildman–Crippen MR) is 78.8 cm³/mol. The van der Waals surface area contributed by atoms with Gasteiger partial charge in [-0.15, -0.1) is 0 Å². The van der Waals surface area contributed by atoms with Crippen LogP contribution in [0.4, 0.5) is 0 Å². The second-order valence-corrected chi connectivity index (χ2v) is 5.34. The number of benzene rings is 1. The van der Waals surface area contributed by atoms with Gasteiger partial charge in [0.05, 0.1) is 11.0 Å². The third kappa shape index (κ3) is 2.12. The number of aromatic amines is 1. The quantitative estimate of drug-likeness (QED) is 0.754. The Labute approximate surface area is 112 Å². The molecule has 1 aromatic carbocycles. The number of nitrogens with one attached hydrogen (secondary N) is 2. The summed E-state index contributed by atoms with van der Waals surface area (Å²) in [6, 6.07) is 6.52. The predicted octanol–water partition coefficient (Wildman–Crippen LogP) is 2.70. The first-order chi connectivity index (χ1) is 9.19. The van der Waals surface area contributed by atoms with Crippen molar-refractivity contribution < 1.29 is 0 Å². The number of fused-ring (bicyclic) bond motifs is 3. The van der Waals surface area contributed by atoms with E-state index in [9.17, 15) is 0 Å². The molecule has 2 heterocycles. The molecule has 19 heavy (non-hydrogen) atoms. The lowest BCUT2D eigenvalue weighted by Crippen LogP contribution is -2.10. The van der Waals surface area contributed by atoms with E-state index in [0.717, 1.165) is 24.3 Å². The summed E-state index contributed by atoms with van der Waals surface area (Å²) in [5, 5.41) is 3.16. The second-order valence-electron chi connectivity index (χ2n) is 5.34. The summed E-state index contributed by atoms with van der Waals surface area (Å²) < 4.78 is 2.16. The van der Waals surface area contributed by atoms with Gasteiger partial charge in [-0.25, -0.2) is 4.98 Å². The lowest BCUT2D eigenvalue weighted by Gasteiger charge is -2.04. The molecule has 3 aromatic rings. The summed E-state index contributed by atoms with van der Waals surface area (Å²) in [6.45, 7) is 5.41. The maximum absolute atomic E-state index is 4.63. The third-order valence-corrected chi connectivity index (χ3v) is 3.58. The summed E-state index contributed by atoms with van der Waals surface area (Å²) in [7, 11) is 1.97. The summed E-state index contributed by atoms with van der Waals surface area (Å²) in [4.78, 5) is 8.01. The minimum atomic E-state index is 0.539. The standard InChI is InChI=1S/C15H20N4/c1-10(2)11-4-5-13-14(8-11)19-9-12(6-7-16-3)17-15(19)18-13/h4-5,8-10,16H,6-7H2,1-3H3,(H,17,18). The Hall–Kier alpha value is -1.81. The van der Waals surface area contributed by atoms with Gasteiger partial charge >= 0.3 is 0 Å². The highest BCUT2D eigenvalue weighted by molar-refractivity contribution is 5.80. The molecule has 0 atom stereocenters. The topological polar surface area (TPSA) is 45.1 Å². The molecular formula is C15H20N4. The fourth-order valence-corrected chi connectivity index (χ4v) is 2.41. The van der Waals surface area contributed by atoms with E-state index in [1.54, 1.807) is 0 Å². The van der Waals surface area contributed by atoms with Crippen molar-refractivity contribution in [3.63, 3.8) is 0 Å². The Morgan fingerprint density at radius 2 is 2.21 bits per heavy atom. The Balaban J connectivity index is 2.10. The van der Waals surface area contributed by atoms with Crippen molar-refractivity contribution in [2.45, 2.75) is 26.2 Å². The van der Waals surface area contributed by atoms with E-state index in [1.807, 2.05) is 7.05 Å². The van der Waals surface area contributed by atoms with E-state index in [0.29, 0.717) is 5.92 Å². The zero-order valence-corrected chi connectivity index (χ0v) is 11.7. The highest BCUT2D eigenvalue weighted by atomic mass is 15.1. The van der Waals surface area contributed by atoms with E-state index in [4.69, 9.17) is 0 Å². The number of imidazole rings is 2. The zero-order chi connectivity index (χ0) is 13.4. The normalized spacial score (nSPS) is 12.0. The largest absolute Gasteiger partial charge is 0.327 e. The molecule has 0 amide bonds. The number of likely N-dealkylation sites (N-methyl/N-ethyl adjacent to an activating group) is 1. The summed E-state index contributed by atoms with van der Waals surface area (Å²) in [6.07, 6.45) is 3.15. The molecule has 100 valence electrons. The van der Waals surface area contributed by atoms with Crippen LogP contribution in [0.3, 0.4) is 0 Å². The van der Waals surface area contributed by atoms with Crippen LogP contribution in [-0.2, 0) is 6.42 Å². The van der Waals surface area contributed by atoms with Gasteiger partial charge < -0.3 is 10.3 Å². The number of rotatable bonds is 4. The highest BCUT2D eigenvalue weighted by Gasteiger charge is 2.09. The smallest absolute Gasteiger partial charge is 0.212 e. The van der Waals surface area contributed by atoms with Gasteiger partial charge in [-0.2, -0.15) is 0 Å². The fourth-order valence-electron chi connectivity index (χ4n) is 2.41. The van der Waals surface area contributed by atoms with Gasteiger partial charge in [0, 0.05) is 24.9 Å². The van der Waals surface area contributed by atoms with E-state index >= 15 is 0 Å². The lowest BCUT2D eigenvalue weighted by molar-refractivity contribution is 0.780. The van der Waals surface area contributed by atoms with Crippen molar-refractivity contribution in [2.75, 3.05) is 13.6 Å². The molecular weight excluding hydrogens is 236 g/mol. The van der Waals surface area contributed by atoms with Crippen LogP contribution in [0, 0.1) is 0 Å². The maximum atomic E-state index is 4.63. The molecule has 4 heteroatoms. The molecule has 0 aliphatic rings. The second kappa shape index (κ2) is 4.70. The fraction of sp³-hybridized carbons (Fsp3) is 0.400. The Morgan fingerprint density at radius 1 is 1.37 bits per heavy atom. The third-order valence-electron chi connectivity index (χ3n) is 3.58. The van der Waals surface area contributed by atoms with Gasteiger partial charge in [-0.3, -0.25) is 4.40 Å².